The maximum atomic E-state index is 11.6. The van der Waals surface area contributed by atoms with Gasteiger partial charge in [0, 0.05) is 19.6 Å². The van der Waals surface area contributed by atoms with E-state index in [1.54, 1.807) is 4.90 Å². The van der Waals surface area contributed by atoms with E-state index in [0.29, 0.717) is 12.8 Å². The second-order valence-electron chi connectivity index (χ2n) is 3.75. The van der Waals surface area contributed by atoms with Crippen molar-refractivity contribution in [1.82, 2.24) is 4.90 Å². The van der Waals surface area contributed by atoms with E-state index in [0.717, 1.165) is 25.8 Å². The summed E-state index contributed by atoms with van der Waals surface area (Å²) in [6.07, 6.45) is 3.84. The SMILES string of the molecule is O=C(CCCCO)N1CCC[C@@H]1CO. The van der Waals surface area contributed by atoms with Gasteiger partial charge in [0.15, 0.2) is 0 Å². The van der Waals surface area contributed by atoms with Crippen LogP contribution in [0.4, 0.5) is 0 Å². The Morgan fingerprint density at radius 1 is 1.36 bits per heavy atom. The molecule has 2 N–H and O–H groups in total. The molecule has 1 aliphatic heterocycles. The van der Waals surface area contributed by atoms with Crippen molar-refractivity contribution < 1.29 is 15.0 Å². The molecule has 1 fully saturated rings. The first kappa shape index (κ1) is 11.5. The summed E-state index contributed by atoms with van der Waals surface area (Å²) in [4.78, 5) is 13.4. The molecule has 14 heavy (non-hydrogen) atoms. The van der Waals surface area contributed by atoms with Crippen LogP contribution >= 0.6 is 0 Å². The molecule has 0 aromatic carbocycles. The number of nitrogens with zero attached hydrogens (tertiary/aromatic N) is 1. The van der Waals surface area contributed by atoms with Gasteiger partial charge in [-0.25, -0.2) is 0 Å². The Morgan fingerprint density at radius 3 is 2.79 bits per heavy atom. The molecular formula is C10H19NO3. The van der Waals surface area contributed by atoms with Gasteiger partial charge in [-0.3, -0.25) is 4.79 Å². The third kappa shape index (κ3) is 2.96. The minimum atomic E-state index is 0.0385. The molecule has 0 aromatic heterocycles. The van der Waals surface area contributed by atoms with Gasteiger partial charge >= 0.3 is 0 Å². The summed E-state index contributed by atoms with van der Waals surface area (Å²) in [6.45, 7) is 1.01. The fraction of sp³-hybridized carbons (Fsp3) is 0.900. The summed E-state index contributed by atoms with van der Waals surface area (Å²) in [5.74, 6) is 0.120. The zero-order valence-corrected chi connectivity index (χ0v) is 8.48. The third-order valence-electron chi connectivity index (χ3n) is 2.71. The summed E-state index contributed by atoms with van der Waals surface area (Å²) < 4.78 is 0. The van der Waals surface area contributed by atoms with Crippen LogP contribution in [0.25, 0.3) is 0 Å². The Bertz CT molecular complexity index is 184. The topological polar surface area (TPSA) is 60.8 Å². The van der Waals surface area contributed by atoms with Crippen molar-refractivity contribution in [2.75, 3.05) is 19.8 Å². The van der Waals surface area contributed by atoms with Crippen molar-refractivity contribution in [2.45, 2.75) is 38.1 Å². The monoisotopic (exact) mass is 201 g/mol. The molecule has 1 amide bonds. The number of unbranched alkanes of at least 4 members (excludes halogenated alkanes) is 1. The normalized spacial score (nSPS) is 21.6. The highest BCUT2D eigenvalue weighted by Gasteiger charge is 2.27. The van der Waals surface area contributed by atoms with Crippen LogP contribution < -0.4 is 0 Å². The standard InChI is InChI=1S/C10H19NO3/c12-7-2-1-5-10(14)11-6-3-4-9(11)8-13/h9,12-13H,1-8H2/t9-/m1/s1. The van der Waals surface area contributed by atoms with E-state index < -0.39 is 0 Å². The van der Waals surface area contributed by atoms with Gasteiger partial charge in [0.25, 0.3) is 0 Å². The van der Waals surface area contributed by atoms with Crippen LogP contribution in [0.1, 0.15) is 32.1 Å². The summed E-state index contributed by atoms with van der Waals surface area (Å²) >= 11 is 0. The highest BCUT2D eigenvalue weighted by Crippen LogP contribution is 2.18. The second kappa shape index (κ2) is 5.98. The fourth-order valence-electron chi connectivity index (χ4n) is 1.89. The molecule has 1 atom stereocenters. The highest BCUT2D eigenvalue weighted by molar-refractivity contribution is 5.76. The van der Waals surface area contributed by atoms with Gasteiger partial charge in [0.05, 0.1) is 12.6 Å². The van der Waals surface area contributed by atoms with E-state index in [1.807, 2.05) is 0 Å². The quantitative estimate of drug-likeness (QED) is 0.622. The van der Waals surface area contributed by atoms with E-state index in [4.69, 9.17) is 10.2 Å². The number of hydrogen-bond acceptors (Lipinski definition) is 3. The average Bonchev–Trinajstić information content (AvgIpc) is 2.65. The van der Waals surface area contributed by atoms with Gasteiger partial charge in [0.1, 0.15) is 0 Å². The number of carbonyl (C=O) groups excluding carboxylic acids is 1. The van der Waals surface area contributed by atoms with E-state index in [1.165, 1.54) is 0 Å². The fourth-order valence-corrected chi connectivity index (χ4v) is 1.89. The first-order valence-corrected chi connectivity index (χ1v) is 5.30. The lowest BCUT2D eigenvalue weighted by Crippen LogP contribution is -2.37. The smallest absolute Gasteiger partial charge is 0.222 e. The van der Waals surface area contributed by atoms with Gasteiger partial charge in [-0.2, -0.15) is 0 Å². The highest BCUT2D eigenvalue weighted by atomic mass is 16.3. The molecule has 1 rings (SSSR count). The van der Waals surface area contributed by atoms with Gasteiger partial charge in [-0.05, 0) is 25.7 Å². The zero-order valence-electron chi connectivity index (χ0n) is 8.48. The Kier molecular flexibility index (Phi) is 4.90. The number of rotatable bonds is 5. The molecule has 0 unspecified atom stereocenters. The molecular weight excluding hydrogens is 182 g/mol. The minimum Gasteiger partial charge on any atom is -0.396 e. The molecule has 0 aromatic rings. The van der Waals surface area contributed by atoms with Crippen LogP contribution in [0.15, 0.2) is 0 Å². The molecule has 4 heteroatoms. The van der Waals surface area contributed by atoms with Gasteiger partial charge < -0.3 is 15.1 Å². The Morgan fingerprint density at radius 2 is 2.14 bits per heavy atom. The van der Waals surface area contributed by atoms with Crippen LogP contribution in [0.5, 0.6) is 0 Å². The Hall–Kier alpha value is -0.610. The lowest BCUT2D eigenvalue weighted by molar-refractivity contribution is -0.132. The summed E-state index contributed by atoms with van der Waals surface area (Å²) in [6, 6.07) is 0.0385. The number of aliphatic hydroxyl groups is 2. The number of aliphatic hydroxyl groups excluding tert-OH is 2. The number of likely N-dealkylation sites (tertiary alicyclic amines) is 1. The van der Waals surface area contributed by atoms with E-state index in [2.05, 4.69) is 0 Å². The van der Waals surface area contributed by atoms with Crippen LogP contribution in [-0.4, -0.2) is 46.8 Å². The van der Waals surface area contributed by atoms with Crippen LogP contribution in [0, 0.1) is 0 Å². The van der Waals surface area contributed by atoms with Gasteiger partial charge in [-0.1, -0.05) is 0 Å². The van der Waals surface area contributed by atoms with Crippen molar-refractivity contribution in [3.8, 4) is 0 Å². The van der Waals surface area contributed by atoms with Crippen molar-refractivity contribution in [2.24, 2.45) is 0 Å². The first-order valence-electron chi connectivity index (χ1n) is 5.30. The molecule has 1 saturated heterocycles. The van der Waals surface area contributed by atoms with Crippen molar-refractivity contribution >= 4 is 5.91 Å². The molecule has 0 radical (unpaired) electrons. The number of carbonyl (C=O) groups is 1. The van der Waals surface area contributed by atoms with Crippen LogP contribution in [0.3, 0.4) is 0 Å². The Labute approximate surface area is 84.5 Å². The summed E-state index contributed by atoms with van der Waals surface area (Å²) in [7, 11) is 0. The summed E-state index contributed by atoms with van der Waals surface area (Å²) in [5.41, 5.74) is 0. The number of hydrogen-bond donors (Lipinski definition) is 2. The maximum Gasteiger partial charge on any atom is 0.222 e. The molecule has 0 spiro atoms. The van der Waals surface area contributed by atoms with E-state index >= 15 is 0 Å². The average molecular weight is 201 g/mol. The largest absolute Gasteiger partial charge is 0.396 e. The molecule has 0 bridgehead atoms. The zero-order chi connectivity index (χ0) is 10.4. The van der Waals surface area contributed by atoms with Gasteiger partial charge in [0.2, 0.25) is 5.91 Å². The molecule has 0 aliphatic carbocycles. The van der Waals surface area contributed by atoms with Crippen molar-refractivity contribution in [3.63, 3.8) is 0 Å². The van der Waals surface area contributed by atoms with Gasteiger partial charge in [-0.15, -0.1) is 0 Å². The molecule has 82 valence electrons. The summed E-state index contributed by atoms with van der Waals surface area (Å²) in [5, 5.41) is 17.6. The van der Waals surface area contributed by atoms with Crippen LogP contribution in [-0.2, 0) is 4.79 Å². The Balaban J connectivity index is 2.28. The molecule has 1 heterocycles. The molecule has 4 nitrogen and oxygen atoms in total. The van der Waals surface area contributed by atoms with Crippen molar-refractivity contribution in [1.29, 1.82) is 0 Å². The van der Waals surface area contributed by atoms with E-state index in [9.17, 15) is 4.79 Å². The van der Waals surface area contributed by atoms with Crippen molar-refractivity contribution in [3.05, 3.63) is 0 Å². The van der Waals surface area contributed by atoms with Crippen LogP contribution in [0.2, 0.25) is 0 Å². The first-order chi connectivity index (χ1) is 6.79. The number of amides is 1. The predicted octanol–water partition coefficient (Wildman–Crippen LogP) is 0.132. The van der Waals surface area contributed by atoms with E-state index in [-0.39, 0.29) is 25.2 Å². The maximum absolute atomic E-state index is 11.6. The minimum absolute atomic E-state index is 0.0385. The predicted molar refractivity (Wildman–Crippen MR) is 52.8 cm³/mol. The lowest BCUT2D eigenvalue weighted by atomic mass is 10.2. The lowest BCUT2D eigenvalue weighted by Gasteiger charge is -2.22. The molecule has 1 aliphatic rings. The molecule has 0 saturated carbocycles. The third-order valence-corrected chi connectivity index (χ3v) is 2.71. The second-order valence-corrected chi connectivity index (χ2v) is 3.75.